The zero-order valence-electron chi connectivity index (χ0n) is 9.75. The van der Waals surface area contributed by atoms with Gasteiger partial charge in [-0.05, 0) is 25.1 Å². The smallest absolute Gasteiger partial charge is 0.341 e. The van der Waals surface area contributed by atoms with Gasteiger partial charge in [-0.2, -0.15) is 5.10 Å². The molecule has 4 nitrogen and oxygen atoms in total. The molecule has 6 heteroatoms. The third kappa shape index (κ3) is 2.35. The number of nitrogens with zero attached hydrogens (tertiary/aromatic N) is 1. The number of carbonyl (C=O) groups is 1. The van der Waals surface area contributed by atoms with Gasteiger partial charge in [0.1, 0.15) is 11.3 Å². The van der Waals surface area contributed by atoms with Crippen LogP contribution in [-0.2, 0) is 4.74 Å². The first kappa shape index (κ1) is 12.9. The highest BCUT2D eigenvalue weighted by Gasteiger charge is 2.20. The van der Waals surface area contributed by atoms with E-state index in [9.17, 15) is 4.79 Å². The van der Waals surface area contributed by atoms with Gasteiger partial charge in [0.2, 0.25) is 0 Å². The van der Waals surface area contributed by atoms with E-state index in [0.717, 1.165) is 0 Å². The number of methoxy groups -OCH3 is 1. The molecule has 18 heavy (non-hydrogen) atoms. The van der Waals surface area contributed by atoms with Crippen molar-refractivity contribution in [2.75, 3.05) is 7.11 Å². The number of aryl methyl sites for hydroxylation is 1. The van der Waals surface area contributed by atoms with Crippen molar-refractivity contribution in [2.24, 2.45) is 0 Å². The maximum atomic E-state index is 11.7. The van der Waals surface area contributed by atoms with Gasteiger partial charge in [-0.1, -0.05) is 23.2 Å². The Morgan fingerprint density at radius 3 is 2.44 bits per heavy atom. The lowest BCUT2D eigenvalue weighted by molar-refractivity contribution is 0.0601. The number of nitrogens with one attached hydrogen (secondary N) is 1. The fourth-order valence-corrected chi connectivity index (χ4v) is 2.21. The molecular formula is C12H10Cl2N2O2. The number of H-pyrrole nitrogens is 1. The third-order valence-electron chi connectivity index (χ3n) is 2.47. The number of halogens is 2. The molecule has 1 aromatic heterocycles. The first-order valence-corrected chi connectivity index (χ1v) is 5.88. The van der Waals surface area contributed by atoms with Gasteiger partial charge in [0.25, 0.3) is 0 Å². The van der Waals surface area contributed by atoms with E-state index in [0.29, 0.717) is 32.6 Å². The highest BCUT2D eigenvalue weighted by atomic mass is 35.5. The van der Waals surface area contributed by atoms with E-state index in [2.05, 4.69) is 10.2 Å². The highest BCUT2D eigenvalue weighted by molar-refractivity contribution is 6.35. The second kappa shape index (κ2) is 5.00. The zero-order chi connectivity index (χ0) is 13.3. The summed E-state index contributed by atoms with van der Waals surface area (Å²) in [6, 6.07) is 4.99. The summed E-state index contributed by atoms with van der Waals surface area (Å²) >= 11 is 11.9. The van der Waals surface area contributed by atoms with Crippen molar-refractivity contribution in [3.05, 3.63) is 39.5 Å². The number of esters is 1. The molecule has 0 aliphatic rings. The summed E-state index contributed by atoms with van der Waals surface area (Å²) in [6.07, 6.45) is 0. The Morgan fingerprint density at radius 2 is 1.89 bits per heavy atom. The second-order valence-corrected chi connectivity index (χ2v) is 4.59. The molecule has 0 aliphatic heterocycles. The van der Waals surface area contributed by atoms with Crippen LogP contribution in [0.5, 0.6) is 0 Å². The quantitative estimate of drug-likeness (QED) is 0.859. The van der Waals surface area contributed by atoms with Crippen LogP contribution in [0.3, 0.4) is 0 Å². The van der Waals surface area contributed by atoms with Crippen LogP contribution in [-0.4, -0.2) is 23.3 Å². The Balaban J connectivity index is 2.61. The van der Waals surface area contributed by atoms with Gasteiger partial charge >= 0.3 is 5.97 Å². The number of aromatic amines is 1. The molecule has 0 radical (unpaired) electrons. The van der Waals surface area contributed by atoms with Crippen molar-refractivity contribution in [1.82, 2.24) is 10.2 Å². The lowest BCUT2D eigenvalue weighted by atomic mass is 10.1. The Bertz CT molecular complexity index is 588. The second-order valence-electron chi connectivity index (χ2n) is 3.72. The predicted molar refractivity (Wildman–Crippen MR) is 70.1 cm³/mol. The Labute approximate surface area is 114 Å². The van der Waals surface area contributed by atoms with Crippen molar-refractivity contribution < 1.29 is 9.53 Å². The molecule has 0 atom stereocenters. The van der Waals surface area contributed by atoms with Crippen LogP contribution in [0.15, 0.2) is 18.2 Å². The maximum absolute atomic E-state index is 11.7. The van der Waals surface area contributed by atoms with E-state index in [-0.39, 0.29) is 0 Å². The Morgan fingerprint density at radius 1 is 1.28 bits per heavy atom. The molecule has 1 N–H and O–H groups in total. The number of hydrogen-bond acceptors (Lipinski definition) is 3. The monoisotopic (exact) mass is 284 g/mol. The van der Waals surface area contributed by atoms with Crippen LogP contribution >= 0.6 is 23.2 Å². The molecule has 2 rings (SSSR count). The van der Waals surface area contributed by atoms with E-state index < -0.39 is 5.97 Å². The van der Waals surface area contributed by atoms with Crippen LogP contribution < -0.4 is 0 Å². The van der Waals surface area contributed by atoms with Gasteiger partial charge in [-0.25, -0.2) is 4.79 Å². The van der Waals surface area contributed by atoms with E-state index >= 15 is 0 Å². The summed E-state index contributed by atoms with van der Waals surface area (Å²) < 4.78 is 4.73. The lowest BCUT2D eigenvalue weighted by Crippen LogP contribution is -2.03. The molecule has 0 unspecified atom stereocenters. The molecule has 0 spiro atoms. The van der Waals surface area contributed by atoms with Crippen molar-refractivity contribution in [3.8, 4) is 11.3 Å². The van der Waals surface area contributed by atoms with Crippen molar-refractivity contribution in [2.45, 2.75) is 6.92 Å². The van der Waals surface area contributed by atoms with Gasteiger partial charge in [0.05, 0.1) is 7.11 Å². The number of ether oxygens (including phenoxy) is 1. The molecule has 0 saturated heterocycles. The summed E-state index contributed by atoms with van der Waals surface area (Å²) in [7, 11) is 1.32. The minimum atomic E-state index is -0.452. The predicted octanol–water partition coefficient (Wildman–Crippen LogP) is 3.48. The number of hydrogen-bond donors (Lipinski definition) is 1. The average molecular weight is 285 g/mol. The molecule has 2 aromatic rings. The van der Waals surface area contributed by atoms with Crippen LogP contribution in [0.2, 0.25) is 10.0 Å². The minimum Gasteiger partial charge on any atom is -0.465 e. The van der Waals surface area contributed by atoms with Crippen LogP contribution in [0.4, 0.5) is 0 Å². The minimum absolute atomic E-state index is 0.385. The third-order valence-corrected chi connectivity index (χ3v) is 2.91. The molecule has 1 aromatic carbocycles. The topological polar surface area (TPSA) is 55.0 Å². The molecule has 0 bridgehead atoms. The van der Waals surface area contributed by atoms with Crippen LogP contribution in [0.1, 0.15) is 16.1 Å². The summed E-state index contributed by atoms with van der Waals surface area (Å²) in [5, 5.41) is 7.81. The number of aromatic nitrogens is 2. The molecular weight excluding hydrogens is 275 g/mol. The molecule has 0 amide bonds. The molecule has 0 saturated carbocycles. The van der Waals surface area contributed by atoms with Crippen molar-refractivity contribution >= 4 is 29.2 Å². The van der Waals surface area contributed by atoms with E-state index in [1.807, 2.05) is 0 Å². The molecule has 0 aliphatic carbocycles. The van der Waals surface area contributed by atoms with Gasteiger partial charge < -0.3 is 4.74 Å². The highest BCUT2D eigenvalue weighted by Crippen LogP contribution is 2.29. The Hall–Kier alpha value is -1.52. The Kier molecular flexibility index (Phi) is 3.59. The fraction of sp³-hybridized carbons (Fsp3) is 0.167. The largest absolute Gasteiger partial charge is 0.465 e. The normalized spacial score (nSPS) is 10.4. The van der Waals surface area contributed by atoms with Crippen molar-refractivity contribution in [1.29, 1.82) is 0 Å². The SMILES string of the molecule is COC(=O)c1c(-c2cc(Cl)cc(Cl)c2)n[nH]c1C. The summed E-state index contributed by atoms with van der Waals surface area (Å²) in [6.45, 7) is 1.74. The maximum Gasteiger partial charge on any atom is 0.341 e. The van der Waals surface area contributed by atoms with Crippen LogP contribution in [0, 0.1) is 6.92 Å². The zero-order valence-corrected chi connectivity index (χ0v) is 11.3. The average Bonchev–Trinajstić information content (AvgIpc) is 2.69. The van der Waals surface area contributed by atoms with E-state index in [1.54, 1.807) is 25.1 Å². The van der Waals surface area contributed by atoms with E-state index in [1.165, 1.54) is 7.11 Å². The summed E-state index contributed by atoms with van der Waals surface area (Å²) in [5.41, 5.74) is 2.16. The number of rotatable bonds is 2. The molecule has 0 fully saturated rings. The van der Waals surface area contributed by atoms with Gasteiger partial charge in [-0.3, -0.25) is 5.10 Å². The van der Waals surface area contributed by atoms with Gasteiger partial charge in [0.15, 0.2) is 0 Å². The van der Waals surface area contributed by atoms with E-state index in [4.69, 9.17) is 27.9 Å². The molecule has 94 valence electrons. The summed E-state index contributed by atoms with van der Waals surface area (Å²) in [4.78, 5) is 11.7. The van der Waals surface area contributed by atoms with Gasteiger partial charge in [-0.15, -0.1) is 0 Å². The number of benzene rings is 1. The standard InChI is InChI=1S/C12H10Cl2N2O2/c1-6-10(12(17)18-2)11(16-15-6)7-3-8(13)5-9(14)4-7/h3-5H,1-2H3,(H,15,16). The molecule has 1 heterocycles. The van der Waals surface area contributed by atoms with Gasteiger partial charge in [0, 0.05) is 21.3 Å². The summed E-state index contributed by atoms with van der Waals surface area (Å²) in [5.74, 6) is -0.452. The first-order chi connectivity index (χ1) is 8.52. The first-order valence-electron chi connectivity index (χ1n) is 5.12. The lowest BCUT2D eigenvalue weighted by Gasteiger charge is -2.03. The van der Waals surface area contributed by atoms with Crippen molar-refractivity contribution in [3.63, 3.8) is 0 Å². The fourth-order valence-electron chi connectivity index (χ4n) is 1.68. The van der Waals surface area contributed by atoms with Crippen LogP contribution in [0.25, 0.3) is 11.3 Å². The number of carbonyl (C=O) groups excluding carboxylic acids is 1.